The Labute approximate surface area is 97.1 Å². The van der Waals surface area contributed by atoms with Crippen molar-refractivity contribution in [2.45, 2.75) is 20.8 Å². The van der Waals surface area contributed by atoms with Crippen molar-refractivity contribution in [3.8, 4) is 0 Å². The predicted molar refractivity (Wildman–Crippen MR) is 69.6 cm³/mol. The molecule has 0 aliphatic heterocycles. The van der Waals surface area contributed by atoms with Crippen molar-refractivity contribution in [1.82, 2.24) is 4.90 Å². The van der Waals surface area contributed by atoms with Crippen molar-refractivity contribution in [3.63, 3.8) is 0 Å². The average molecular weight is 220 g/mol. The molecule has 0 bridgehead atoms. The second-order valence-electron chi connectivity index (χ2n) is 4.25. The topological polar surface area (TPSA) is 53.6 Å². The van der Waals surface area contributed by atoms with Gasteiger partial charge in [0.2, 0.25) is 5.96 Å². The third-order valence-electron chi connectivity index (χ3n) is 2.42. The molecule has 0 spiro atoms. The van der Waals surface area contributed by atoms with Crippen molar-refractivity contribution in [2.24, 2.45) is 10.8 Å². The summed E-state index contributed by atoms with van der Waals surface area (Å²) in [4.78, 5) is 1.76. The molecule has 1 rings (SSSR count). The Bertz CT molecular complexity index is 384. The largest absolute Gasteiger partial charge is 0.368 e. The monoisotopic (exact) mass is 220 g/mol. The van der Waals surface area contributed by atoms with Crippen LogP contribution in [0.15, 0.2) is 17.2 Å². The van der Waals surface area contributed by atoms with Crippen LogP contribution >= 0.6 is 0 Å². The number of rotatable bonds is 2. The van der Waals surface area contributed by atoms with Crippen LogP contribution in [0.3, 0.4) is 0 Å². The molecule has 0 heterocycles. The maximum atomic E-state index is 5.71. The number of nitrogens with zero attached hydrogens (tertiary/aromatic N) is 2. The molecule has 0 aliphatic rings. The molecule has 0 aliphatic carbocycles. The van der Waals surface area contributed by atoms with E-state index in [9.17, 15) is 0 Å². The lowest BCUT2D eigenvalue weighted by molar-refractivity contribution is 0.613. The van der Waals surface area contributed by atoms with Gasteiger partial charge in [0.25, 0.3) is 0 Å². The van der Waals surface area contributed by atoms with Gasteiger partial charge in [0.15, 0.2) is 0 Å². The molecular formula is C12H20N4. The summed E-state index contributed by atoms with van der Waals surface area (Å²) in [7, 11) is 3.71. The number of anilines is 1. The highest BCUT2D eigenvalue weighted by Gasteiger charge is 2.03. The van der Waals surface area contributed by atoms with Crippen LogP contribution in [-0.4, -0.2) is 25.0 Å². The van der Waals surface area contributed by atoms with Gasteiger partial charge in [-0.1, -0.05) is 17.7 Å². The number of hydrogen-bond donors (Lipinski definition) is 2. The number of guanidine groups is 1. The van der Waals surface area contributed by atoms with Gasteiger partial charge < -0.3 is 10.6 Å². The molecule has 0 atom stereocenters. The lowest BCUT2D eigenvalue weighted by Crippen LogP contribution is -2.31. The number of hydrazone groups is 1. The minimum Gasteiger partial charge on any atom is -0.368 e. The Kier molecular flexibility index (Phi) is 3.77. The average Bonchev–Trinajstić information content (AvgIpc) is 2.15. The van der Waals surface area contributed by atoms with Crippen molar-refractivity contribution >= 4 is 11.6 Å². The molecule has 1 aromatic carbocycles. The summed E-state index contributed by atoms with van der Waals surface area (Å²) in [5.41, 5.74) is 13.3. The van der Waals surface area contributed by atoms with E-state index in [0.29, 0.717) is 5.96 Å². The van der Waals surface area contributed by atoms with Gasteiger partial charge >= 0.3 is 0 Å². The second kappa shape index (κ2) is 4.88. The summed E-state index contributed by atoms with van der Waals surface area (Å²) in [5, 5.41) is 4.12. The standard InChI is InChI=1S/C12H20N4/c1-8-6-9(2)11(10(3)7-8)14-15-12(13)16(4)5/h6-7,14H,1-5H3,(H2,13,15). The summed E-state index contributed by atoms with van der Waals surface area (Å²) >= 11 is 0. The Morgan fingerprint density at radius 3 is 2.12 bits per heavy atom. The first-order valence-electron chi connectivity index (χ1n) is 5.26. The zero-order valence-electron chi connectivity index (χ0n) is 10.6. The Balaban J connectivity index is 2.94. The fourth-order valence-electron chi connectivity index (χ4n) is 1.57. The molecule has 0 saturated carbocycles. The van der Waals surface area contributed by atoms with Gasteiger partial charge in [0.1, 0.15) is 0 Å². The molecule has 0 amide bonds. The summed E-state index contributed by atoms with van der Waals surface area (Å²) in [6.07, 6.45) is 0. The van der Waals surface area contributed by atoms with Crippen LogP contribution in [0, 0.1) is 20.8 Å². The predicted octanol–water partition coefficient (Wildman–Crippen LogP) is 1.82. The first-order chi connectivity index (χ1) is 7.41. The third kappa shape index (κ3) is 2.89. The molecule has 1 aromatic rings. The zero-order valence-corrected chi connectivity index (χ0v) is 10.6. The first-order valence-corrected chi connectivity index (χ1v) is 5.26. The van der Waals surface area contributed by atoms with Gasteiger partial charge in [-0.2, -0.15) is 0 Å². The van der Waals surface area contributed by atoms with Crippen LogP contribution in [-0.2, 0) is 0 Å². The second-order valence-corrected chi connectivity index (χ2v) is 4.25. The molecule has 0 unspecified atom stereocenters. The summed E-state index contributed by atoms with van der Waals surface area (Å²) < 4.78 is 0. The highest BCUT2D eigenvalue weighted by molar-refractivity contribution is 5.78. The van der Waals surface area contributed by atoms with Crippen LogP contribution in [0.1, 0.15) is 16.7 Å². The van der Waals surface area contributed by atoms with E-state index in [1.165, 1.54) is 16.7 Å². The van der Waals surface area contributed by atoms with E-state index in [4.69, 9.17) is 5.73 Å². The molecule has 4 heteroatoms. The van der Waals surface area contributed by atoms with Crippen LogP contribution in [0.4, 0.5) is 5.69 Å². The number of nitrogens with one attached hydrogen (secondary N) is 1. The van der Waals surface area contributed by atoms with Crippen molar-refractivity contribution in [2.75, 3.05) is 19.5 Å². The number of aryl methyl sites for hydroxylation is 3. The number of benzene rings is 1. The van der Waals surface area contributed by atoms with E-state index in [-0.39, 0.29) is 0 Å². The molecule has 88 valence electrons. The van der Waals surface area contributed by atoms with E-state index in [1.807, 2.05) is 14.1 Å². The maximum Gasteiger partial charge on any atom is 0.213 e. The Morgan fingerprint density at radius 1 is 1.19 bits per heavy atom. The molecule has 0 fully saturated rings. The highest BCUT2D eigenvalue weighted by atomic mass is 15.4. The molecule has 0 aromatic heterocycles. The maximum absolute atomic E-state index is 5.71. The summed E-state index contributed by atoms with van der Waals surface area (Å²) in [5.74, 6) is 0.458. The Morgan fingerprint density at radius 2 is 1.69 bits per heavy atom. The molecular weight excluding hydrogens is 200 g/mol. The fraction of sp³-hybridized carbons (Fsp3) is 0.417. The molecule has 16 heavy (non-hydrogen) atoms. The minimum atomic E-state index is 0.458. The fourth-order valence-corrected chi connectivity index (χ4v) is 1.57. The first kappa shape index (κ1) is 12.4. The van der Waals surface area contributed by atoms with Crippen LogP contribution in [0.5, 0.6) is 0 Å². The van der Waals surface area contributed by atoms with Gasteiger partial charge in [-0.15, -0.1) is 5.10 Å². The van der Waals surface area contributed by atoms with E-state index >= 15 is 0 Å². The lowest BCUT2D eigenvalue weighted by Gasteiger charge is -2.13. The van der Waals surface area contributed by atoms with E-state index in [2.05, 4.69) is 43.4 Å². The van der Waals surface area contributed by atoms with Crippen LogP contribution < -0.4 is 11.2 Å². The van der Waals surface area contributed by atoms with Crippen molar-refractivity contribution < 1.29 is 0 Å². The normalized spacial score (nSPS) is 11.4. The number of nitrogens with two attached hydrogens (primary N) is 1. The third-order valence-corrected chi connectivity index (χ3v) is 2.42. The highest BCUT2D eigenvalue weighted by Crippen LogP contribution is 2.21. The van der Waals surface area contributed by atoms with Gasteiger partial charge in [-0.05, 0) is 31.9 Å². The van der Waals surface area contributed by atoms with Gasteiger partial charge in [-0.3, -0.25) is 5.43 Å². The van der Waals surface area contributed by atoms with Crippen LogP contribution in [0.2, 0.25) is 0 Å². The van der Waals surface area contributed by atoms with Crippen molar-refractivity contribution in [3.05, 3.63) is 28.8 Å². The molecule has 0 radical (unpaired) electrons. The van der Waals surface area contributed by atoms with Crippen LogP contribution in [0.25, 0.3) is 0 Å². The quantitative estimate of drug-likeness (QED) is 0.454. The minimum absolute atomic E-state index is 0.458. The zero-order chi connectivity index (χ0) is 12.3. The lowest BCUT2D eigenvalue weighted by atomic mass is 10.1. The Hall–Kier alpha value is -1.71. The number of hydrogen-bond acceptors (Lipinski definition) is 2. The summed E-state index contributed by atoms with van der Waals surface area (Å²) in [6.45, 7) is 6.20. The molecule has 4 nitrogen and oxygen atoms in total. The SMILES string of the molecule is Cc1cc(C)c(N/N=C(\N)N(C)C)c(C)c1. The summed E-state index contributed by atoms with van der Waals surface area (Å²) in [6, 6.07) is 4.24. The molecule has 3 N–H and O–H groups in total. The van der Waals surface area contributed by atoms with Gasteiger partial charge in [0.05, 0.1) is 5.69 Å². The van der Waals surface area contributed by atoms with Gasteiger partial charge in [-0.25, -0.2) is 0 Å². The molecule has 0 saturated heterocycles. The van der Waals surface area contributed by atoms with E-state index in [0.717, 1.165) is 5.69 Å². The van der Waals surface area contributed by atoms with Crippen molar-refractivity contribution in [1.29, 1.82) is 0 Å². The van der Waals surface area contributed by atoms with E-state index < -0.39 is 0 Å². The van der Waals surface area contributed by atoms with E-state index in [1.54, 1.807) is 4.90 Å². The van der Waals surface area contributed by atoms with Gasteiger partial charge in [0, 0.05) is 14.1 Å². The smallest absolute Gasteiger partial charge is 0.213 e.